The highest BCUT2D eigenvalue weighted by molar-refractivity contribution is 6.06. The van der Waals surface area contributed by atoms with E-state index in [2.05, 4.69) is 19.1 Å². The largest absolute Gasteiger partial charge is 0.481 e. The first-order valence-electron chi connectivity index (χ1n) is 14.6. The van der Waals surface area contributed by atoms with Crippen LogP contribution in [0.2, 0.25) is 0 Å². The van der Waals surface area contributed by atoms with Crippen molar-refractivity contribution in [3.8, 4) is 5.75 Å². The fourth-order valence-corrected chi connectivity index (χ4v) is 5.04. The molecule has 3 aromatic rings. The number of hydrogen-bond donors (Lipinski definition) is 1. The summed E-state index contributed by atoms with van der Waals surface area (Å²) in [5.41, 5.74) is 0. The quantitative estimate of drug-likeness (QED) is 0.0601. The number of esters is 1. The highest BCUT2D eigenvalue weighted by Gasteiger charge is 2.24. The highest BCUT2D eigenvalue weighted by atomic mass is 16.5. The number of unbranched alkanes of at least 4 members (excludes halogenated alkanes) is 11. The Bertz CT molecular complexity index is 1130. The summed E-state index contributed by atoms with van der Waals surface area (Å²) in [4.78, 5) is 24.7. The lowest BCUT2D eigenvalue weighted by atomic mass is 9.99. The summed E-state index contributed by atoms with van der Waals surface area (Å²) in [7, 11) is 0. The summed E-state index contributed by atoms with van der Waals surface area (Å²) in [6.45, 7) is 2.26. The monoisotopic (exact) mass is 516 g/mol. The van der Waals surface area contributed by atoms with Crippen LogP contribution in [0.4, 0.5) is 0 Å². The number of aliphatic carboxylic acids is 1. The first-order chi connectivity index (χ1) is 18.6. The van der Waals surface area contributed by atoms with Crippen molar-refractivity contribution in [2.24, 2.45) is 5.92 Å². The van der Waals surface area contributed by atoms with Gasteiger partial charge in [0.25, 0.3) is 0 Å². The predicted octanol–water partition coefficient (Wildman–Crippen LogP) is 9.64. The number of carboxylic acid groups (broad SMARTS) is 1. The van der Waals surface area contributed by atoms with Crippen molar-refractivity contribution in [1.82, 2.24) is 0 Å². The number of allylic oxidation sites excluding steroid dienone is 2. The average Bonchev–Trinajstić information content (AvgIpc) is 2.92. The molecule has 0 saturated carbocycles. The van der Waals surface area contributed by atoms with Crippen LogP contribution in [-0.2, 0) is 9.59 Å². The SMILES string of the molecule is CCCCCCCCCCCCCC=CCC(CC(=O)O)C(=O)Oc1c2ccccc2cc2ccccc12. The first-order valence-corrected chi connectivity index (χ1v) is 14.6. The second-order valence-corrected chi connectivity index (χ2v) is 10.4. The van der Waals surface area contributed by atoms with E-state index >= 15 is 0 Å². The Balaban J connectivity index is 1.47. The third-order valence-corrected chi connectivity index (χ3v) is 7.24. The molecule has 38 heavy (non-hydrogen) atoms. The molecule has 0 amide bonds. The summed E-state index contributed by atoms with van der Waals surface area (Å²) in [5.74, 6) is -1.70. The molecule has 0 heterocycles. The number of carboxylic acids is 1. The van der Waals surface area contributed by atoms with Gasteiger partial charge in [-0.2, -0.15) is 0 Å². The molecular weight excluding hydrogens is 472 g/mol. The van der Waals surface area contributed by atoms with E-state index in [4.69, 9.17) is 4.74 Å². The van der Waals surface area contributed by atoms with Crippen LogP contribution in [0.3, 0.4) is 0 Å². The number of rotatable bonds is 18. The maximum Gasteiger partial charge on any atom is 0.315 e. The van der Waals surface area contributed by atoms with Crippen LogP contribution in [0, 0.1) is 5.92 Å². The molecule has 0 bridgehead atoms. The third kappa shape index (κ3) is 9.63. The molecule has 0 fully saturated rings. The van der Waals surface area contributed by atoms with Gasteiger partial charge in [0.1, 0.15) is 5.75 Å². The van der Waals surface area contributed by atoms with Crippen LogP contribution in [0.15, 0.2) is 66.7 Å². The zero-order chi connectivity index (χ0) is 27.0. The molecule has 0 aliphatic heterocycles. The van der Waals surface area contributed by atoms with Crippen LogP contribution in [0.1, 0.15) is 96.8 Å². The summed E-state index contributed by atoms with van der Waals surface area (Å²) in [5, 5.41) is 13.1. The van der Waals surface area contributed by atoms with Crippen molar-refractivity contribution in [3.05, 3.63) is 66.7 Å². The van der Waals surface area contributed by atoms with Gasteiger partial charge in [0.15, 0.2) is 0 Å². The van der Waals surface area contributed by atoms with E-state index < -0.39 is 17.9 Å². The van der Waals surface area contributed by atoms with Gasteiger partial charge in [-0.25, -0.2) is 0 Å². The number of hydrogen-bond acceptors (Lipinski definition) is 3. The summed E-state index contributed by atoms with van der Waals surface area (Å²) < 4.78 is 5.94. The molecule has 0 radical (unpaired) electrons. The molecule has 0 aromatic heterocycles. The summed E-state index contributed by atoms with van der Waals surface area (Å²) in [6.07, 6.45) is 19.6. The van der Waals surface area contributed by atoms with Crippen molar-refractivity contribution in [2.45, 2.75) is 96.8 Å². The van der Waals surface area contributed by atoms with Crippen LogP contribution in [-0.4, -0.2) is 17.0 Å². The second kappa shape index (κ2) is 16.7. The molecule has 3 rings (SSSR count). The van der Waals surface area contributed by atoms with Gasteiger partial charge in [0, 0.05) is 10.8 Å². The van der Waals surface area contributed by atoms with Gasteiger partial charge in [-0.15, -0.1) is 0 Å². The minimum Gasteiger partial charge on any atom is -0.481 e. The van der Waals surface area contributed by atoms with Crippen molar-refractivity contribution >= 4 is 33.5 Å². The maximum atomic E-state index is 13.2. The first kappa shape index (κ1) is 29.4. The zero-order valence-corrected chi connectivity index (χ0v) is 23.0. The van der Waals surface area contributed by atoms with Gasteiger partial charge in [0.05, 0.1) is 12.3 Å². The Morgan fingerprint density at radius 1 is 0.763 bits per heavy atom. The molecule has 1 N–H and O–H groups in total. The molecule has 1 unspecified atom stereocenters. The Kier molecular flexibility index (Phi) is 12.9. The number of carbonyl (C=O) groups excluding carboxylic acids is 1. The highest BCUT2D eigenvalue weighted by Crippen LogP contribution is 2.35. The molecule has 0 saturated heterocycles. The van der Waals surface area contributed by atoms with Crippen molar-refractivity contribution < 1.29 is 19.4 Å². The lowest BCUT2D eigenvalue weighted by Gasteiger charge is -2.16. The van der Waals surface area contributed by atoms with E-state index in [1.807, 2.05) is 54.6 Å². The van der Waals surface area contributed by atoms with Gasteiger partial charge >= 0.3 is 11.9 Å². The number of fused-ring (bicyclic) bond motifs is 2. The molecule has 0 aliphatic carbocycles. The van der Waals surface area contributed by atoms with Crippen LogP contribution in [0.25, 0.3) is 21.5 Å². The van der Waals surface area contributed by atoms with Gasteiger partial charge in [-0.05, 0) is 36.1 Å². The molecule has 1 atom stereocenters. The fourth-order valence-electron chi connectivity index (χ4n) is 5.04. The van der Waals surface area contributed by atoms with Gasteiger partial charge < -0.3 is 9.84 Å². The third-order valence-electron chi connectivity index (χ3n) is 7.24. The van der Waals surface area contributed by atoms with Crippen molar-refractivity contribution in [2.75, 3.05) is 0 Å². The fraction of sp³-hybridized carbons (Fsp3) is 0.471. The predicted molar refractivity (Wildman–Crippen MR) is 158 cm³/mol. The minimum absolute atomic E-state index is 0.246. The van der Waals surface area contributed by atoms with Gasteiger partial charge in [0.2, 0.25) is 0 Å². The Morgan fingerprint density at radius 2 is 1.29 bits per heavy atom. The molecule has 3 aromatic carbocycles. The smallest absolute Gasteiger partial charge is 0.315 e. The van der Waals surface area contributed by atoms with Crippen LogP contribution < -0.4 is 4.74 Å². The topological polar surface area (TPSA) is 63.6 Å². The summed E-state index contributed by atoms with van der Waals surface area (Å²) in [6, 6.07) is 17.7. The Morgan fingerprint density at radius 3 is 1.84 bits per heavy atom. The zero-order valence-electron chi connectivity index (χ0n) is 23.0. The Labute approximate surface area is 228 Å². The van der Waals surface area contributed by atoms with E-state index in [0.717, 1.165) is 34.4 Å². The van der Waals surface area contributed by atoms with E-state index in [1.165, 1.54) is 64.2 Å². The van der Waals surface area contributed by atoms with Gasteiger partial charge in [-0.3, -0.25) is 9.59 Å². The number of ether oxygens (including phenoxy) is 1. The Hall–Kier alpha value is -3.14. The molecule has 4 heteroatoms. The minimum atomic E-state index is -0.992. The second-order valence-electron chi connectivity index (χ2n) is 10.4. The lowest BCUT2D eigenvalue weighted by Crippen LogP contribution is -2.23. The van der Waals surface area contributed by atoms with E-state index in [1.54, 1.807) is 0 Å². The van der Waals surface area contributed by atoms with Crippen molar-refractivity contribution in [3.63, 3.8) is 0 Å². The maximum absolute atomic E-state index is 13.2. The molecule has 204 valence electrons. The molecule has 0 aliphatic rings. The van der Waals surface area contributed by atoms with E-state index in [0.29, 0.717) is 12.2 Å². The van der Waals surface area contributed by atoms with Crippen molar-refractivity contribution in [1.29, 1.82) is 0 Å². The van der Waals surface area contributed by atoms with Gasteiger partial charge in [-0.1, -0.05) is 132 Å². The number of carbonyl (C=O) groups is 2. The molecule has 4 nitrogen and oxygen atoms in total. The van der Waals surface area contributed by atoms with E-state index in [9.17, 15) is 14.7 Å². The average molecular weight is 517 g/mol. The normalized spacial score (nSPS) is 12.3. The van der Waals surface area contributed by atoms with Crippen LogP contribution >= 0.6 is 0 Å². The van der Waals surface area contributed by atoms with Crippen LogP contribution in [0.5, 0.6) is 5.75 Å². The molecule has 0 spiro atoms. The standard InChI is InChI=1S/C34H44O4/c1-2-3-4-5-6-7-8-9-10-11-12-13-14-15-22-29(26-32(35)36)34(37)38-33-30-23-18-16-20-27(30)25-28-21-17-19-24-31(28)33/h14-21,23-25,29H,2-13,22,26H2,1H3,(H,35,36). The summed E-state index contributed by atoms with van der Waals surface area (Å²) >= 11 is 0. The number of benzene rings is 3. The molecular formula is C34H44O4. The lowest BCUT2D eigenvalue weighted by molar-refractivity contribution is -0.146. The van der Waals surface area contributed by atoms with E-state index in [-0.39, 0.29) is 6.42 Å².